The van der Waals surface area contributed by atoms with E-state index in [0.29, 0.717) is 0 Å². The van der Waals surface area contributed by atoms with Crippen LogP contribution in [0.2, 0.25) is 0 Å². The van der Waals surface area contributed by atoms with E-state index in [9.17, 15) is 0 Å². The maximum absolute atomic E-state index is 5.97. The molecule has 2 nitrogen and oxygen atoms in total. The molecule has 0 radical (unpaired) electrons. The summed E-state index contributed by atoms with van der Waals surface area (Å²) in [6, 6.07) is 10.4. The Morgan fingerprint density at radius 1 is 1.27 bits per heavy atom. The summed E-state index contributed by atoms with van der Waals surface area (Å²) in [5, 5.41) is 2.45. The van der Waals surface area contributed by atoms with Gasteiger partial charge in [-0.2, -0.15) is 0 Å². The predicted molar refractivity (Wildman–Crippen MR) is 61.8 cm³/mol. The SMILES string of the molecule is COC1Cc2ccc(N)c3cccc1c23. The minimum Gasteiger partial charge on any atom is -0.398 e. The lowest BCUT2D eigenvalue weighted by molar-refractivity contribution is 0.109. The normalized spacial score (nSPS) is 18.6. The van der Waals surface area contributed by atoms with Gasteiger partial charge in [0, 0.05) is 24.6 Å². The van der Waals surface area contributed by atoms with Crippen molar-refractivity contribution in [2.24, 2.45) is 0 Å². The second-order valence-electron chi connectivity index (χ2n) is 4.01. The topological polar surface area (TPSA) is 35.2 Å². The first-order chi connectivity index (χ1) is 7.31. The van der Waals surface area contributed by atoms with Crippen LogP contribution in [0.25, 0.3) is 10.8 Å². The van der Waals surface area contributed by atoms with Crippen molar-refractivity contribution in [1.29, 1.82) is 0 Å². The average Bonchev–Trinajstić information content (AvgIpc) is 2.64. The molecule has 1 atom stereocenters. The van der Waals surface area contributed by atoms with E-state index in [1.807, 2.05) is 6.07 Å². The van der Waals surface area contributed by atoms with Crippen molar-refractivity contribution in [2.45, 2.75) is 12.5 Å². The van der Waals surface area contributed by atoms with Gasteiger partial charge in [-0.3, -0.25) is 0 Å². The van der Waals surface area contributed by atoms with Crippen LogP contribution in [0.3, 0.4) is 0 Å². The summed E-state index contributed by atoms with van der Waals surface area (Å²) in [7, 11) is 1.76. The highest BCUT2D eigenvalue weighted by molar-refractivity contribution is 5.98. The molecular weight excluding hydrogens is 186 g/mol. The Hall–Kier alpha value is -1.54. The van der Waals surface area contributed by atoms with Crippen molar-refractivity contribution in [1.82, 2.24) is 0 Å². The Kier molecular flexibility index (Phi) is 1.73. The molecule has 0 spiro atoms. The van der Waals surface area contributed by atoms with E-state index in [4.69, 9.17) is 10.5 Å². The van der Waals surface area contributed by atoms with Crippen molar-refractivity contribution in [3.63, 3.8) is 0 Å². The zero-order valence-corrected chi connectivity index (χ0v) is 8.66. The summed E-state index contributed by atoms with van der Waals surface area (Å²) < 4.78 is 5.48. The fourth-order valence-electron chi connectivity index (χ4n) is 2.49. The van der Waals surface area contributed by atoms with Gasteiger partial charge in [-0.05, 0) is 22.6 Å². The third-order valence-corrected chi connectivity index (χ3v) is 3.23. The van der Waals surface area contributed by atoms with Gasteiger partial charge >= 0.3 is 0 Å². The summed E-state index contributed by atoms with van der Waals surface area (Å²) in [5.74, 6) is 0. The average molecular weight is 199 g/mol. The number of hydrogen-bond acceptors (Lipinski definition) is 2. The molecule has 2 aromatic rings. The minimum atomic E-state index is 0.200. The first-order valence-electron chi connectivity index (χ1n) is 5.14. The standard InChI is InChI=1S/C13H13NO/c1-15-12-7-8-5-6-11(14)9-3-2-4-10(12)13(8)9/h2-6,12H,7,14H2,1H3. The van der Waals surface area contributed by atoms with Crippen molar-refractivity contribution >= 4 is 16.5 Å². The van der Waals surface area contributed by atoms with Crippen LogP contribution in [0.1, 0.15) is 17.2 Å². The molecule has 1 aliphatic rings. The molecule has 0 saturated heterocycles. The molecule has 1 aliphatic carbocycles. The molecule has 15 heavy (non-hydrogen) atoms. The first-order valence-corrected chi connectivity index (χ1v) is 5.14. The molecule has 2 heteroatoms. The molecule has 0 fully saturated rings. The fraction of sp³-hybridized carbons (Fsp3) is 0.231. The van der Waals surface area contributed by atoms with Crippen LogP contribution in [0.5, 0.6) is 0 Å². The molecule has 0 saturated carbocycles. The van der Waals surface area contributed by atoms with E-state index in [-0.39, 0.29) is 6.10 Å². The number of rotatable bonds is 1. The number of hydrogen-bond donors (Lipinski definition) is 1. The Bertz CT molecular complexity index is 533. The number of ether oxygens (including phenoxy) is 1. The fourth-order valence-corrected chi connectivity index (χ4v) is 2.49. The van der Waals surface area contributed by atoms with Crippen LogP contribution < -0.4 is 5.73 Å². The van der Waals surface area contributed by atoms with Crippen LogP contribution in [0, 0.1) is 0 Å². The predicted octanol–water partition coefficient (Wildman–Crippen LogP) is 2.67. The van der Waals surface area contributed by atoms with Gasteiger partial charge in [0.1, 0.15) is 0 Å². The van der Waals surface area contributed by atoms with Crippen LogP contribution >= 0.6 is 0 Å². The van der Waals surface area contributed by atoms with Gasteiger partial charge in [0.15, 0.2) is 0 Å². The van der Waals surface area contributed by atoms with Gasteiger partial charge in [0.25, 0.3) is 0 Å². The first kappa shape index (κ1) is 8.74. The van der Waals surface area contributed by atoms with Gasteiger partial charge in [0.05, 0.1) is 6.10 Å². The van der Waals surface area contributed by atoms with Crippen LogP contribution in [0.4, 0.5) is 5.69 Å². The number of benzene rings is 2. The molecule has 0 aliphatic heterocycles. The highest BCUT2D eigenvalue weighted by Gasteiger charge is 2.24. The van der Waals surface area contributed by atoms with E-state index in [0.717, 1.165) is 17.5 Å². The maximum Gasteiger partial charge on any atom is 0.0867 e. The lowest BCUT2D eigenvalue weighted by Gasteiger charge is -2.08. The van der Waals surface area contributed by atoms with Gasteiger partial charge in [-0.25, -0.2) is 0 Å². The molecule has 76 valence electrons. The maximum atomic E-state index is 5.97. The molecule has 3 rings (SSSR count). The largest absolute Gasteiger partial charge is 0.398 e. The number of nitrogens with two attached hydrogens (primary N) is 1. The molecule has 2 N–H and O–H groups in total. The molecule has 0 heterocycles. The second kappa shape index (κ2) is 2.97. The summed E-state index contributed by atoms with van der Waals surface area (Å²) in [5.41, 5.74) is 9.45. The van der Waals surface area contributed by atoms with Gasteiger partial charge in [-0.1, -0.05) is 24.3 Å². The van der Waals surface area contributed by atoms with Gasteiger partial charge in [0.2, 0.25) is 0 Å². The van der Waals surface area contributed by atoms with Crippen LogP contribution in [-0.4, -0.2) is 7.11 Å². The Morgan fingerprint density at radius 3 is 2.93 bits per heavy atom. The third kappa shape index (κ3) is 1.08. The number of methoxy groups -OCH3 is 1. The van der Waals surface area contributed by atoms with Crippen LogP contribution in [0.15, 0.2) is 30.3 Å². The lowest BCUT2D eigenvalue weighted by atomic mass is 10.0. The quantitative estimate of drug-likeness (QED) is 0.716. The zero-order chi connectivity index (χ0) is 10.4. The van der Waals surface area contributed by atoms with Crippen molar-refractivity contribution in [3.05, 3.63) is 41.5 Å². The highest BCUT2D eigenvalue weighted by atomic mass is 16.5. The Labute approximate surface area is 88.7 Å². The molecule has 2 aromatic carbocycles. The molecule has 1 unspecified atom stereocenters. The zero-order valence-electron chi connectivity index (χ0n) is 8.66. The molecule has 0 bridgehead atoms. The number of anilines is 1. The summed E-state index contributed by atoms with van der Waals surface area (Å²) in [4.78, 5) is 0. The minimum absolute atomic E-state index is 0.200. The summed E-state index contributed by atoms with van der Waals surface area (Å²) in [6.45, 7) is 0. The highest BCUT2D eigenvalue weighted by Crippen LogP contribution is 2.40. The van der Waals surface area contributed by atoms with Gasteiger partial charge < -0.3 is 10.5 Å². The smallest absolute Gasteiger partial charge is 0.0867 e. The van der Waals surface area contributed by atoms with Crippen molar-refractivity contribution in [2.75, 3.05) is 12.8 Å². The molecular formula is C13H13NO. The molecule has 0 amide bonds. The Balaban J connectivity index is 2.40. The van der Waals surface area contributed by atoms with Gasteiger partial charge in [-0.15, -0.1) is 0 Å². The third-order valence-electron chi connectivity index (χ3n) is 3.23. The number of nitrogen functional groups attached to an aromatic ring is 1. The van der Waals surface area contributed by atoms with E-state index in [2.05, 4.69) is 24.3 Å². The van der Waals surface area contributed by atoms with Crippen molar-refractivity contribution in [3.8, 4) is 0 Å². The van der Waals surface area contributed by atoms with E-state index < -0.39 is 0 Å². The lowest BCUT2D eigenvalue weighted by Crippen LogP contribution is -1.97. The summed E-state index contributed by atoms with van der Waals surface area (Å²) in [6.07, 6.45) is 1.16. The van der Waals surface area contributed by atoms with E-state index >= 15 is 0 Å². The molecule has 0 aromatic heterocycles. The Morgan fingerprint density at radius 2 is 2.13 bits per heavy atom. The summed E-state index contributed by atoms with van der Waals surface area (Å²) >= 11 is 0. The van der Waals surface area contributed by atoms with E-state index in [1.54, 1.807) is 7.11 Å². The van der Waals surface area contributed by atoms with E-state index in [1.165, 1.54) is 16.5 Å². The van der Waals surface area contributed by atoms with Crippen LogP contribution in [-0.2, 0) is 11.2 Å². The second-order valence-corrected chi connectivity index (χ2v) is 4.01. The monoisotopic (exact) mass is 199 g/mol. The van der Waals surface area contributed by atoms with Crippen molar-refractivity contribution < 1.29 is 4.74 Å².